The fourth-order valence-corrected chi connectivity index (χ4v) is 3.32. The van der Waals surface area contributed by atoms with Crippen LogP contribution < -0.4 is 16.0 Å². The van der Waals surface area contributed by atoms with Crippen LogP contribution in [0.4, 0.5) is 21.5 Å². The minimum atomic E-state index is -0.564. The maximum atomic E-state index is 13.1. The summed E-state index contributed by atoms with van der Waals surface area (Å²) >= 11 is 7.38. The molecule has 0 saturated heterocycles. The second-order valence-electron chi connectivity index (χ2n) is 5.53. The molecule has 130 valence electrons. The molecule has 1 aliphatic rings. The van der Waals surface area contributed by atoms with Gasteiger partial charge in [0.1, 0.15) is 11.9 Å². The predicted molar refractivity (Wildman–Crippen MR) is 98.9 cm³/mol. The Morgan fingerprint density at radius 3 is 2.88 bits per heavy atom. The lowest BCUT2D eigenvalue weighted by Gasteiger charge is -2.20. The summed E-state index contributed by atoms with van der Waals surface area (Å²) in [6, 6.07) is 8.73. The van der Waals surface area contributed by atoms with Gasteiger partial charge in [0.2, 0.25) is 11.8 Å². The summed E-state index contributed by atoms with van der Waals surface area (Å²) in [4.78, 5) is 24.8. The number of carbonyl (C=O) groups excluding carboxylic acids is 2. The van der Waals surface area contributed by atoms with E-state index < -0.39 is 11.9 Å². The fourth-order valence-electron chi connectivity index (χ4n) is 2.32. The number of thioether (sulfide) groups is 1. The van der Waals surface area contributed by atoms with Crippen LogP contribution in [0, 0.1) is 5.82 Å². The van der Waals surface area contributed by atoms with Crippen LogP contribution in [0.1, 0.15) is 6.92 Å². The van der Waals surface area contributed by atoms with Crippen molar-refractivity contribution < 1.29 is 14.0 Å². The first-order chi connectivity index (χ1) is 11.9. The van der Waals surface area contributed by atoms with Crippen molar-refractivity contribution in [3.63, 3.8) is 0 Å². The van der Waals surface area contributed by atoms with Crippen LogP contribution in [-0.2, 0) is 9.59 Å². The van der Waals surface area contributed by atoms with Gasteiger partial charge in [-0.05, 0) is 43.3 Å². The van der Waals surface area contributed by atoms with Crippen molar-refractivity contribution in [1.82, 2.24) is 0 Å². The summed E-state index contributed by atoms with van der Waals surface area (Å²) in [6.07, 6.45) is 0. The third-order valence-corrected chi connectivity index (χ3v) is 4.96. The van der Waals surface area contributed by atoms with Crippen LogP contribution in [0.3, 0.4) is 0 Å². The number of anilines is 3. The zero-order valence-electron chi connectivity index (χ0n) is 13.2. The van der Waals surface area contributed by atoms with E-state index in [1.807, 2.05) is 12.1 Å². The highest BCUT2D eigenvalue weighted by molar-refractivity contribution is 8.00. The van der Waals surface area contributed by atoms with Crippen molar-refractivity contribution in [2.24, 2.45) is 0 Å². The number of fused-ring (bicyclic) bond motifs is 1. The number of hydrogen-bond acceptors (Lipinski definition) is 4. The van der Waals surface area contributed by atoms with Gasteiger partial charge in [-0.2, -0.15) is 0 Å². The number of nitrogens with one attached hydrogen (secondary N) is 3. The molecular formula is C17H15ClFN3O2S. The van der Waals surface area contributed by atoms with Crippen molar-refractivity contribution in [2.45, 2.75) is 17.9 Å². The van der Waals surface area contributed by atoms with Crippen molar-refractivity contribution in [1.29, 1.82) is 0 Å². The zero-order valence-corrected chi connectivity index (χ0v) is 14.8. The van der Waals surface area contributed by atoms with Crippen molar-refractivity contribution >= 4 is 52.2 Å². The van der Waals surface area contributed by atoms with Crippen LogP contribution in [0.5, 0.6) is 0 Å². The minimum absolute atomic E-state index is 0.0496. The number of benzene rings is 2. The Balaban J connectivity index is 1.67. The minimum Gasteiger partial charge on any atom is -0.374 e. The molecule has 0 aromatic heterocycles. The van der Waals surface area contributed by atoms with Crippen LogP contribution in [-0.4, -0.2) is 23.6 Å². The van der Waals surface area contributed by atoms with Crippen molar-refractivity contribution in [3.05, 3.63) is 47.2 Å². The van der Waals surface area contributed by atoms with Gasteiger partial charge in [-0.25, -0.2) is 4.39 Å². The van der Waals surface area contributed by atoms with Crippen LogP contribution >= 0.6 is 23.4 Å². The van der Waals surface area contributed by atoms with Gasteiger partial charge in [-0.15, -0.1) is 11.8 Å². The van der Waals surface area contributed by atoms with E-state index in [-0.39, 0.29) is 16.8 Å². The first-order valence-corrected chi connectivity index (χ1v) is 8.88. The second kappa shape index (κ2) is 7.33. The summed E-state index contributed by atoms with van der Waals surface area (Å²) in [6.45, 7) is 1.69. The Labute approximate surface area is 153 Å². The summed E-state index contributed by atoms with van der Waals surface area (Å²) in [5, 5.41) is 8.66. The molecule has 1 atom stereocenters. The molecule has 0 unspecified atom stereocenters. The van der Waals surface area contributed by atoms with Gasteiger partial charge in [-0.3, -0.25) is 9.59 Å². The Bertz CT molecular complexity index is 847. The Kier molecular flexibility index (Phi) is 5.15. The molecule has 3 rings (SSSR count). The van der Waals surface area contributed by atoms with Gasteiger partial charge < -0.3 is 16.0 Å². The third kappa shape index (κ3) is 4.24. The van der Waals surface area contributed by atoms with E-state index in [0.717, 1.165) is 16.6 Å². The normalized spacial score (nSPS) is 14.3. The molecule has 5 nitrogen and oxygen atoms in total. The van der Waals surface area contributed by atoms with E-state index in [9.17, 15) is 14.0 Å². The van der Waals surface area contributed by atoms with E-state index in [1.54, 1.807) is 13.0 Å². The predicted octanol–water partition coefficient (Wildman–Crippen LogP) is 3.96. The smallest absolute Gasteiger partial charge is 0.246 e. The van der Waals surface area contributed by atoms with E-state index in [1.165, 1.54) is 23.9 Å². The molecule has 25 heavy (non-hydrogen) atoms. The summed E-state index contributed by atoms with van der Waals surface area (Å²) in [5.41, 5.74) is 1.77. The molecule has 8 heteroatoms. The molecule has 2 aromatic carbocycles. The first-order valence-electron chi connectivity index (χ1n) is 7.51. The molecule has 1 aliphatic heterocycles. The summed E-state index contributed by atoms with van der Waals surface area (Å²) in [5.74, 6) is -0.434. The molecule has 0 bridgehead atoms. The van der Waals surface area contributed by atoms with Gasteiger partial charge >= 0.3 is 0 Å². The highest BCUT2D eigenvalue weighted by Gasteiger charge is 2.18. The SMILES string of the molecule is C[C@H](Nc1ccc2c(c1)NC(=O)CS2)C(=O)Nc1ccc(F)cc1Cl. The maximum absolute atomic E-state index is 13.1. The Morgan fingerprint density at radius 2 is 2.12 bits per heavy atom. The quantitative estimate of drug-likeness (QED) is 0.752. The number of carbonyl (C=O) groups is 2. The van der Waals surface area contributed by atoms with Crippen molar-refractivity contribution in [2.75, 3.05) is 21.7 Å². The lowest BCUT2D eigenvalue weighted by Crippen LogP contribution is -2.32. The number of amides is 2. The monoisotopic (exact) mass is 379 g/mol. The second-order valence-corrected chi connectivity index (χ2v) is 6.95. The van der Waals surface area contributed by atoms with Crippen molar-refractivity contribution in [3.8, 4) is 0 Å². The van der Waals surface area contributed by atoms with Crippen LogP contribution in [0.25, 0.3) is 0 Å². The van der Waals surface area contributed by atoms with E-state index >= 15 is 0 Å². The lowest BCUT2D eigenvalue weighted by molar-refractivity contribution is -0.116. The van der Waals surface area contributed by atoms with Crippen LogP contribution in [0.2, 0.25) is 5.02 Å². The molecule has 2 aromatic rings. The number of hydrogen-bond donors (Lipinski definition) is 3. The van der Waals surface area contributed by atoms with Gasteiger partial charge in [0.15, 0.2) is 0 Å². The Morgan fingerprint density at radius 1 is 1.32 bits per heavy atom. The molecule has 0 saturated carbocycles. The first kappa shape index (κ1) is 17.6. The summed E-state index contributed by atoms with van der Waals surface area (Å²) < 4.78 is 13.1. The molecule has 0 fully saturated rings. The van der Waals surface area contributed by atoms with Gasteiger partial charge in [0, 0.05) is 10.6 Å². The van der Waals surface area contributed by atoms with Gasteiger partial charge in [-0.1, -0.05) is 11.6 Å². The number of halogens is 2. The van der Waals surface area contributed by atoms with E-state index in [0.29, 0.717) is 17.1 Å². The fraction of sp³-hybridized carbons (Fsp3) is 0.176. The average Bonchev–Trinajstić information content (AvgIpc) is 2.57. The molecule has 0 radical (unpaired) electrons. The highest BCUT2D eigenvalue weighted by atomic mass is 35.5. The average molecular weight is 380 g/mol. The molecule has 3 N–H and O–H groups in total. The lowest BCUT2D eigenvalue weighted by atomic mass is 10.2. The maximum Gasteiger partial charge on any atom is 0.246 e. The van der Waals surface area contributed by atoms with Gasteiger partial charge in [0.25, 0.3) is 0 Å². The topological polar surface area (TPSA) is 70.2 Å². The number of rotatable bonds is 4. The molecule has 0 aliphatic carbocycles. The van der Waals surface area contributed by atoms with Gasteiger partial charge in [0.05, 0.1) is 22.2 Å². The highest BCUT2D eigenvalue weighted by Crippen LogP contribution is 2.33. The molecule has 1 heterocycles. The largest absolute Gasteiger partial charge is 0.374 e. The zero-order chi connectivity index (χ0) is 18.0. The molecule has 0 spiro atoms. The standard InChI is InChI=1S/C17H15ClFN3O2S/c1-9(17(24)22-13-4-2-10(19)6-12(13)18)20-11-3-5-15-14(7-11)21-16(23)8-25-15/h2-7,9,20H,8H2,1H3,(H,21,23)(H,22,24)/t9-/m0/s1. The van der Waals surface area contributed by atoms with Crippen LogP contribution in [0.15, 0.2) is 41.3 Å². The molecule has 2 amide bonds. The third-order valence-electron chi connectivity index (χ3n) is 3.58. The summed E-state index contributed by atoms with van der Waals surface area (Å²) in [7, 11) is 0. The van der Waals surface area contributed by atoms with E-state index in [2.05, 4.69) is 16.0 Å². The Hall–Kier alpha value is -2.25. The molecular weight excluding hydrogens is 365 g/mol. The van der Waals surface area contributed by atoms with E-state index in [4.69, 9.17) is 11.6 Å².